The van der Waals surface area contributed by atoms with Gasteiger partial charge in [0.15, 0.2) is 17.7 Å². The summed E-state index contributed by atoms with van der Waals surface area (Å²) in [5, 5.41) is 33.4. The Bertz CT molecular complexity index is 1030. The lowest BCUT2D eigenvalue weighted by atomic mass is 10.1. The van der Waals surface area contributed by atoms with Crippen molar-refractivity contribution < 1.29 is 24.9 Å². The van der Waals surface area contributed by atoms with E-state index in [1.165, 1.54) is 17.2 Å². The minimum absolute atomic E-state index is 0.0300. The summed E-state index contributed by atoms with van der Waals surface area (Å²) in [6.45, 7) is 0.0300. The zero-order chi connectivity index (χ0) is 21.3. The van der Waals surface area contributed by atoms with E-state index in [-0.39, 0.29) is 18.8 Å². The van der Waals surface area contributed by atoms with Gasteiger partial charge in [0.25, 0.3) is 0 Å². The van der Waals surface area contributed by atoms with E-state index in [0.29, 0.717) is 11.2 Å². The first-order valence-electron chi connectivity index (χ1n) is 9.40. The molecule has 0 saturated carbocycles. The molecule has 1 aliphatic heterocycles. The highest BCUT2D eigenvalue weighted by Gasteiger charge is 2.44. The van der Waals surface area contributed by atoms with Crippen LogP contribution in [0.25, 0.3) is 11.2 Å². The number of fused-ring (bicyclic) bond motifs is 1. The number of anilines is 1. The van der Waals surface area contributed by atoms with E-state index >= 15 is 0 Å². The van der Waals surface area contributed by atoms with Crippen molar-refractivity contribution in [1.29, 1.82) is 0 Å². The first-order valence-corrected chi connectivity index (χ1v) is 9.40. The smallest absolute Gasteiger partial charge is 0.321 e. The molecule has 2 aromatic heterocycles. The van der Waals surface area contributed by atoms with Crippen LogP contribution in [0.1, 0.15) is 11.8 Å². The van der Waals surface area contributed by atoms with Crippen molar-refractivity contribution in [3.63, 3.8) is 0 Å². The standard InChI is InChI=1S/C19H22N6O5/c20-16-13-17(23-8-22-16)25(9-24-13)18-15(27)14(26)12(30-18)7-21-11(19(28)29)6-10-4-2-1-3-5-10/h1-5,8-9,11-12,14-15,18,21,26-27H,6-7H2,(H,28,29)(H2,20,22,23)/t11-,12+,14+,15+,18+/m0/s1. The number of nitrogens with one attached hydrogen (secondary N) is 1. The molecule has 0 unspecified atom stereocenters. The lowest BCUT2D eigenvalue weighted by molar-refractivity contribution is -0.139. The number of aliphatic hydroxyl groups is 2. The van der Waals surface area contributed by atoms with Crippen LogP contribution in [0.15, 0.2) is 43.0 Å². The molecule has 3 aromatic rings. The Morgan fingerprint density at radius 3 is 2.70 bits per heavy atom. The second-order valence-electron chi connectivity index (χ2n) is 7.12. The quantitative estimate of drug-likeness (QED) is 0.334. The molecule has 5 atom stereocenters. The topological polar surface area (TPSA) is 169 Å². The van der Waals surface area contributed by atoms with Crippen molar-refractivity contribution in [1.82, 2.24) is 24.8 Å². The Labute approximate surface area is 171 Å². The van der Waals surface area contributed by atoms with Crippen molar-refractivity contribution in [3.8, 4) is 0 Å². The molecule has 11 nitrogen and oxygen atoms in total. The van der Waals surface area contributed by atoms with Gasteiger partial charge in [-0.15, -0.1) is 0 Å². The van der Waals surface area contributed by atoms with Crippen LogP contribution >= 0.6 is 0 Å². The lowest BCUT2D eigenvalue weighted by Gasteiger charge is -2.19. The number of nitrogens with two attached hydrogens (primary N) is 1. The largest absolute Gasteiger partial charge is 0.480 e. The fraction of sp³-hybridized carbons (Fsp3) is 0.368. The molecule has 0 amide bonds. The average Bonchev–Trinajstić information content (AvgIpc) is 3.28. The Morgan fingerprint density at radius 2 is 1.97 bits per heavy atom. The van der Waals surface area contributed by atoms with Gasteiger partial charge in [0.2, 0.25) is 0 Å². The SMILES string of the molecule is Nc1ncnc2c1ncn2[C@@H]1O[C@H](CN[C@@H](Cc2ccccc2)C(=O)O)[C@@H](O)[C@H]1O. The van der Waals surface area contributed by atoms with Crippen LogP contribution in [0.5, 0.6) is 0 Å². The van der Waals surface area contributed by atoms with E-state index in [1.807, 2.05) is 30.3 Å². The molecule has 158 valence electrons. The fourth-order valence-electron chi connectivity index (χ4n) is 3.54. The van der Waals surface area contributed by atoms with Crippen molar-refractivity contribution in [2.45, 2.75) is 37.0 Å². The van der Waals surface area contributed by atoms with E-state index in [4.69, 9.17) is 10.5 Å². The Morgan fingerprint density at radius 1 is 1.20 bits per heavy atom. The number of aromatic nitrogens is 4. The maximum atomic E-state index is 11.6. The van der Waals surface area contributed by atoms with Crippen LogP contribution in [0.3, 0.4) is 0 Å². The van der Waals surface area contributed by atoms with Crippen LogP contribution < -0.4 is 11.1 Å². The highest BCUT2D eigenvalue weighted by molar-refractivity contribution is 5.81. The number of hydrogen-bond acceptors (Lipinski definition) is 9. The number of hydrogen-bond donors (Lipinski definition) is 5. The first-order chi connectivity index (χ1) is 14.5. The van der Waals surface area contributed by atoms with Crippen molar-refractivity contribution in [2.75, 3.05) is 12.3 Å². The molecule has 3 heterocycles. The second kappa shape index (κ2) is 8.32. The Balaban J connectivity index is 1.46. The number of carboxylic acid groups (broad SMARTS) is 1. The van der Waals surface area contributed by atoms with E-state index in [1.54, 1.807) is 0 Å². The van der Waals surface area contributed by atoms with Crippen molar-refractivity contribution >= 4 is 23.0 Å². The van der Waals surface area contributed by atoms with Gasteiger partial charge in [0, 0.05) is 6.54 Å². The van der Waals surface area contributed by atoms with Gasteiger partial charge < -0.3 is 31.1 Å². The van der Waals surface area contributed by atoms with Gasteiger partial charge in [-0.2, -0.15) is 0 Å². The number of carbonyl (C=O) groups is 1. The molecule has 0 bridgehead atoms. The van der Waals surface area contributed by atoms with E-state index in [2.05, 4.69) is 20.3 Å². The third-order valence-corrected chi connectivity index (χ3v) is 5.14. The molecule has 1 fully saturated rings. The molecule has 0 radical (unpaired) electrons. The maximum Gasteiger partial charge on any atom is 0.321 e. The summed E-state index contributed by atoms with van der Waals surface area (Å²) in [7, 11) is 0. The summed E-state index contributed by atoms with van der Waals surface area (Å²) in [6.07, 6.45) is -1.33. The highest BCUT2D eigenvalue weighted by Crippen LogP contribution is 2.31. The van der Waals surface area contributed by atoms with Crippen LogP contribution in [-0.4, -0.2) is 71.7 Å². The van der Waals surface area contributed by atoms with Crippen LogP contribution in [0, 0.1) is 0 Å². The summed E-state index contributed by atoms with van der Waals surface area (Å²) in [5.74, 6) is -0.827. The number of nitrogens with zero attached hydrogens (tertiary/aromatic N) is 4. The number of ether oxygens (including phenoxy) is 1. The molecule has 1 saturated heterocycles. The van der Waals surface area contributed by atoms with Gasteiger partial charge in [-0.3, -0.25) is 9.36 Å². The molecule has 0 spiro atoms. The first kappa shape index (κ1) is 20.2. The molecule has 30 heavy (non-hydrogen) atoms. The van der Waals surface area contributed by atoms with Gasteiger partial charge in [0.05, 0.1) is 6.33 Å². The maximum absolute atomic E-state index is 11.6. The zero-order valence-electron chi connectivity index (χ0n) is 15.9. The van der Waals surface area contributed by atoms with Crippen LogP contribution in [0.4, 0.5) is 5.82 Å². The van der Waals surface area contributed by atoms with Crippen molar-refractivity contribution in [2.24, 2.45) is 0 Å². The highest BCUT2D eigenvalue weighted by atomic mass is 16.6. The van der Waals surface area contributed by atoms with Gasteiger partial charge >= 0.3 is 5.97 Å². The number of carboxylic acids is 1. The third kappa shape index (κ3) is 3.83. The number of imidazole rings is 1. The Hall–Kier alpha value is -3.12. The van der Waals surface area contributed by atoms with Crippen LogP contribution in [-0.2, 0) is 16.0 Å². The predicted molar refractivity (Wildman–Crippen MR) is 105 cm³/mol. The van der Waals surface area contributed by atoms with E-state index in [9.17, 15) is 20.1 Å². The molecule has 0 aliphatic carbocycles. The minimum Gasteiger partial charge on any atom is -0.480 e. The summed E-state index contributed by atoms with van der Waals surface area (Å²) in [4.78, 5) is 23.8. The number of aliphatic hydroxyl groups excluding tert-OH is 2. The zero-order valence-corrected chi connectivity index (χ0v) is 15.9. The molecular weight excluding hydrogens is 392 g/mol. The fourth-order valence-corrected chi connectivity index (χ4v) is 3.54. The summed E-state index contributed by atoms with van der Waals surface area (Å²) in [5.41, 5.74) is 7.37. The van der Waals surface area contributed by atoms with Gasteiger partial charge in [0.1, 0.15) is 36.2 Å². The number of benzene rings is 1. The van der Waals surface area contributed by atoms with Crippen molar-refractivity contribution in [3.05, 3.63) is 48.5 Å². The van der Waals surface area contributed by atoms with Gasteiger partial charge in [-0.05, 0) is 12.0 Å². The molecule has 1 aromatic carbocycles. The number of nitrogen functional groups attached to an aromatic ring is 1. The second-order valence-corrected chi connectivity index (χ2v) is 7.12. The molecule has 6 N–H and O–H groups in total. The lowest BCUT2D eigenvalue weighted by Crippen LogP contribution is -2.45. The van der Waals surface area contributed by atoms with Gasteiger partial charge in [-0.25, -0.2) is 15.0 Å². The average molecular weight is 414 g/mol. The molecular formula is C19H22N6O5. The molecule has 1 aliphatic rings. The minimum atomic E-state index is -1.26. The Kier molecular flexibility index (Phi) is 5.59. The monoisotopic (exact) mass is 414 g/mol. The molecule has 4 rings (SSSR count). The summed E-state index contributed by atoms with van der Waals surface area (Å²) >= 11 is 0. The van der Waals surface area contributed by atoms with E-state index in [0.717, 1.165) is 5.56 Å². The molecule has 11 heteroatoms. The summed E-state index contributed by atoms with van der Waals surface area (Å²) in [6, 6.07) is 8.35. The third-order valence-electron chi connectivity index (χ3n) is 5.14. The number of rotatable bonds is 7. The predicted octanol–water partition coefficient (Wildman–Crippen LogP) is -0.687. The summed E-state index contributed by atoms with van der Waals surface area (Å²) < 4.78 is 7.30. The van der Waals surface area contributed by atoms with E-state index < -0.39 is 36.6 Å². The van der Waals surface area contributed by atoms with Crippen LogP contribution in [0.2, 0.25) is 0 Å². The normalized spacial score (nSPS) is 24.9. The number of aliphatic carboxylic acids is 1. The van der Waals surface area contributed by atoms with Gasteiger partial charge in [-0.1, -0.05) is 30.3 Å².